The van der Waals surface area contributed by atoms with E-state index in [0.29, 0.717) is 17.5 Å². The summed E-state index contributed by atoms with van der Waals surface area (Å²) in [5.41, 5.74) is 1.13. The molecule has 0 spiro atoms. The molecule has 2 rings (SSSR count). The smallest absolute Gasteiger partial charge is 0.241 e. The summed E-state index contributed by atoms with van der Waals surface area (Å²) in [5, 5.41) is 0. The number of nitrogens with one attached hydrogen (secondary N) is 1. The maximum absolute atomic E-state index is 12.4. The van der Waals surface area contributed by atoms with Crippen LogP contribution in [0.5, 0.6) is 0 Å². The third kappa shape index (κ3) is 3.27. The van der Waals surface area contributed by atoms with Crippen molar-refractivity contribution in [2.24, 2.45) is 0 Å². The van der Waals surface area contributed by atoms with E-state index in [2.05, 4.69) is 4.72 Å². The molecule has 0 radical (unpaired) electrons. The molecule has 0 saturated heterocycles. The van der Waals surface area contributed by atoms with Crippen molar-refractivity contribution in [1.29, 1.82) is 0 Å². The van der Waals surface area contributed by atoms with Crippen LogP contribution in [0.1, 0.15) is 54.9 Å². The average molecular weight is 295 g/mol. The van der Waals surface area contributed by atoms with Gasteiger partial charge in [-0.1, -0.05) is 31.9 Å². The highest BCUT2D eigenvalue weighted by Crippen LogP contribution is 2.23. The number of carbonyl (C=O) groups excluding carboxylic acids is 1. The second-order valence-electron chi connectivity index (χ2n) is 5.36. The molecule has 110 valence electrons. The van der Waals surface area contributed by atoms with Crippen LogP contribution in [0.25, 0.3) is 0 Å². The van der Waals surface area contributed by atoms with E-state index in [-0.39, 0.29) is 16.7 Å². The van der Waals surface area contributed by atoms with Crippen molar-refractivity contribution >= 4 is 15.8 Å². The molecule has 1 saturated carbocycles. The van der Waals surface area contributed by atoms with E-state index < -0.39 is 10.0 Å². The predicted molar refractivity (Wildman–Crippen MR) is 78.4 cm³/mol. The van der Waals surface area contributed by atoms with Crippen LogP contribution >= 0.6 is 0 Å². The molecule has 0 unspecified atom stereocenters. The van der Waals surface area contributed by atoms with Gasteiger partial charge < -0.3 is 0 Å². The first-order valence-corrected chi connectivity index (χ1v) is 8.58. The van der Waals surface area contributed by atoms with Gasteiger partial charge in [-0.2, -0.15) is 0 Å². The Balaban J connectivity index is 2.32. The lowest BCUT2D eigenvalue weighted by Gasteiger charge is -2.14. The molecule has 1 aliphatic carbocycles. The minimum atomic E-state index is -3.54. The van der Waals surface area contributed by atoms with Crippen molar-refractivity contribution in [2.45, 2.75) is 56.9 Å². The molecular weight excluding hydrogens is 274 g/mol. The van der Waals surface area contributed by atoms with Gasteiger partial charge in [-0.05, 0) is 31.4 Å². The molecular formula is C15H21NO3S. The van der Waals surface area contributed by atoms with E-state index in [0.717, 1.165) is 25.7 Å². The number of hydrogen-bond donors (Lipinski definition) is 1. The van der Waals surface area contributed by atoms with Gasteiger partial charge >= 0.3 is 0 Å². The highest BCUT2D eigenvalue weighted by molar-refractivity contribution is 7.89. The number of benzene rings is 1. The van der Waals surface area contributed by atoms with Crippen LogP contribution in [0.4, 0.5) is 0 Å². The van der Waals surface area contributed by atoms with Gasteiger partial charge in [0.1, 0.15) is 0 Å². The zero-order chi connectivity index (χ0) is 14.8. The van der Waals surface area contributed by atoms with Gasteiger partial charge in [-0.3, -0.25) is 4.79 Å². The van der Waals surface area contributed by atoms with Crippen LogP contribution in [0.3, 0.4) is 0 Å². The number of carbonyl (C=O) groups is 1. The molecule has 1 aromatic carbocycles. The Bertz CT molecular complexity index is 602. The first-order chi connectivity index (χ1) is 9.44. The summed E-state index contributed by atoms with van der Waals surface area (Å²) >= 11 is 0. The van der Waals surface area contributed by atoms with Gasteiger partial charge in [0.05, 0.1) is 4.90 Å². The summed E-state index contributed by atoms with van der Waals surface area (Å²) < 4.78 is 27.7. The van der Waals surface area contributed by atoms with Gasteiger partial charge in [-0.15, -0.1) is 0 Å². The Morgan fingerprint density at radius 3 is 2.55 bits per heavy atom. The van der Waals surface area contributed by atoms with E-state index in [1.54, 1.807) is 26.0 Å². The minimum Gasteiger partial charge on any atom is -0.294 e. The van der Waals surface area contributed by atoms with Gasteiger partial charge in [0, 0.05) is 18.0 Å². The van der Waals surface area contributed by atoms with E-state index in [9.17, 15) is 13.2 Å². The summed E-state index contributed by atoms with van der Waals surface area (Å²) in [6.45, 7) is 3.52. The van der Waals surface area contributed by atoms with Crippen molar-refractivity contribution in [1.82, 2.24) is 4.72 Å². The molecule has 0 amide bonds. The van der Waals surface area contributed by atoms with Gasteiger partial charge in [0.25, 0.3) is 0 Å². The van der Waals surface area contributed by atoms with Crippen LogP contribution in [0.15, 0.2) is 23.1 Å². The molecule has 1 N–H and O–H groups in total. The van der Waals surface area contributed by atoms with E-state index >= 15 is 0 Å². The van der Waals surface area contributed by atoms with E-state index in [1.807, 2.05) is 0 Å². The van der Waals surface area contributed by atoms with Crippen molar-refractivity contribution < 1.29 is 13.2 Å². The summed E-state index contributed by atoms with van der Waals surface area (Å²) in [6, 6.07) is 4.92. The molecule has 0 heterocycles. The standard InChI is InChI=1S/C15H21NO3S/c1-3-14(17)12-9-8-11(2)15(10-12)20(18,19)16-13-6-4-5-7-13/h8-10,13,16H,3-7H2,1-2H3. The van der Waals surface area contributed by atoms with Crippen LogP contribution in [0.2, 0.25) is 0 Å². The summed E-state index contributed by atoms with van der Waals surface area (Å²) in [7, 11) is -3.54. The summed E-state index contributed by atoms with van der Waals surface area (Å²) in [5.74, 6) is -0.0395. The van der Waals surface area contributed by atoms with E-state index in [1.165, 1.54) is 6.07 Å². The zero-order valence-corrected chi connectivity index (χ0v) is 12.8. The molecule has 0 atom stereocenters. The first-order valence-electron chi connectivity index (χ1n) is 7.10. The van der Waals surface area contributed by atoms with Crippen LogP contribution in [0, 0.1) is 6.92 Å². The monoisotopic (exact) mass is 295 g/mol. The summed E-state index contributed by atoms with van der Waals surface area (Å²) in [4.78, 5) is 12.0. The maximum atomic E-state index is 12.4. The Hall–Kier alpha value is -1.20. The molecule has 1 aliphatic rings. The Morgan fingerprint density at radius 1 is 1.30 bits per heavy atom. The highest BCUT2D eigenvalue weighted by Gasteiger charge is 2.24. The van der Waals surface area contributed by atoms with Gasteiger partial charge in [0.2, 0.25) is 10.0 Å². The fourth-order valence-electron chi connectivity index (χ4n) is 2.59. The number of Topliss-reactive ketones (excluding diaryl/α,β-unsaturated/α-hetero) is 1. The topological polar surface area (TPSA) is 63.2 Å². The molecule has 1 fully saturated rings. The van der Waals surface area contributed by atoms with Crippen molar-refractivity contribution in [3.05, 3.63) is 29.3 Å². The lowest BCUT2D eigenvalue weighted by atomic mass is 10.1. The second kappa shape index (κ2) is 6.06. The number of ketones is 1. The van der Waals surface area contributed by atoms with Crippen LogP contribution in [-0.2, 0) is 10.0 Å². The van der Waals surface area contributed by atoms with Crippen molar-refractivity contribution in [3.8, 4) is 0 Å². The van der Waals surface area contributed by atoms with Crippen molar-refractivity contribution in [3.63, 3.8) is 0 Å². The molecule has 0 bridgehead atoms. The fourth-order valence-corrected chi connectivity index (χ4v) is 4.17. The highest BCUT2D eigenvalue weighted by atomic mass is 32.2. The average Bonchev–Trinajstić information content (AvgIpc) is 2.90. The lowest BCUT2D eigenvalue weighted by Crippen LogP contribution is -2.33. The third-order valence-electron chi connectivity index (χ3n) is 3.80. The minimum absolute atomic E-state index is 0.0323. The Kier molecular flexibility index (Phi) is 4.60. The van der Waals surface area contributed by atoms with Gasteiger partial charge in [0.15, 0.2) is 5.78 Å². The first kappa shape index (κ1) is 15.2. The van der Waals surface area contributed by atoms with Gasteiger partial charge in [-0.25, -0.2) is 13.1 Å². The van der Waals surface area contributed by atoms with Crippen LogP contribution in [-0.4, -0.2) is 20.2 Å². The quantitative estimate of drug-likeness (QED) is 0.850. The molecule has 0 aliphatic heterocycles. The zero-order valence-electron chi connectivity index (χ0n) is 12.0. The SMILES string of the molecule is CCC(=O)c1ccc(C)c(S(=O)(=O)NC2CCCC2)c1. The Labute approximate surface area is 120 Å². The van der Waals surface area contributed by atoms with Crippen molar-refractivity contribution in [2.75, 3.05) is 0 Å². The molecule has 4 nitrogen and oxygen atoms in total. The number of rotatable bonds is 5. The van der Waals surface area contributed by atoms with E-state index in [4.69, 9.17) is 0 Å². The summed E-state index contributed by atoms with van der Waals surface area (Å²) in [6.07, 6.45) is 4.30. The number of sulfonamides is 1. The molecule has 1 aromatic rings. The predicted octanol–water partition coefficient (Wildman–Crippen LogP) is 2.81. The lowest BCUT2D eigenvalue weighted by molar-refractivity contribution is 0.0988. The second-order valence-corrected chi connectivity index (χ2v) is 7.04. The molecule has 20 heavy (non-hydrogen) atoms. The fraction of sp³-hybridized carbons (Fsp3) is 0.533. The Morgan fingerprint density at radius 2 is 1.95 bits per heavy atom. The maximum Gasteiger partial charge on any atom is 0.241 e. The normalized spacial score (nSPS) is 16.5. The largest absolute Gasteiger partial charge is 0.294 e. The molecule has 5 heteroatoms. The van der Waals surface area contributed by atoms with Crippen LogP contribution < -0.4 is 4.72 Å². The number of hydrogen-bond acceptors (Lipinski definition) is 3. The molecule has 0 aromatic heterocycles. The third-order valence-corrected chi connectivity index (χ3v) is 5.46. The number of aryl methyl sites for hydroxylation is 1.